The van der Waals surface area contributed by atoms with Gasteiger partial charge in [0.15, 0.2) is 0 Å². The predicted molar refractivity (Wildman–Crippen MR) is 93.9 cm³/mol. The Morgan fingerprint density at radius 2 is 1.41 bits per heavy atom. The van der Waals surface area contributed by atoms with Crippen LogP contribution in [0.4, 0.5) is 0 Å². The van der Waals surface area contributed by atoms with Crippen LogP contribution in [0, 0.1) is 5.41 Å². The fraction of sp³-hybridized carbons (Fsp3) is 0.850. The lowest BCUT2D eigenvalue weighted by Gasteiger charge is -2.30. The lowest BCUT2D eigenvalue weighted by atomic mass is 9.76. The summed E-state index contributed by atoms with van der Waals surface area (Å²) in [6.07, 6.45) is 17.4. The van der Waals surface area contributed by atoms with Crippen molar-refractivity contribution in [2.24, 2.45) is 5.41 Å². The molecule has 0 N–H and O–H groups in total. The number of rotatable bonds is 5. The second-order valence-electron chi connectivity index (χ2n) is 7.51. The van der Waals surface area contributed by atoms with E-state index >= 15 is 0 Å². The van der Waals surface area contributed by atoms with Gasteiger partial charge in [0, 0.05) is 5.57 Å². The van der Waals surface area contributed by atoms with Crippen molar-refractivity contribution in [1.82, 2.24) is 0 Å². The van der Waals surface area contributed by atoms with Crippen molar-refractivity contribution >= 4 is 5.97 Å². The summed E-state index contributed by atoms with van der Waals surface area (Å²) in [5.74, 6) is -0.246. The third kappa shape index (κ3) is 8.60. The quantitative estimate of drug-likeness (QED) is 0.343. The predicted octanol–water partition coefficient (Wildman–Crippen LogP) is 6.20. The molecule has 1 aliphatic rings. The second kappa shape index (κ2) is 10.9. The molecule has 0 atom stereocenters. The number of esters is 1. The molecule has 0 bridgehead atoms. The average Bonchev–Trinajstić information content (AvgIpc) is 2.47. The van der Waals surface area contributed by atoms with Crippen LogP contribution < -0.4 is 0 Å². The van der Waals surface area contributed by atoms with E-state index in [0.29, 0.717) is 17.6 Å². The van der Waals surface area contributed by atoms with Gasteiger partial charge in [-0.3, -0.25) is 0 Å². The van der Waals surface area contributed by atoms with Crippen molar-refractivity contribution in [2.75, 3.05) is 6.61 Å². The van der Waals surface area contributed by atoms with Gasteiger partial charge < -0.3 is 4.74 Å². The number of carbonyl (C=O) groups is 1. The normalized spacial score (nSPS) is 20.5. The van der Waals surface area contributed by atoms with E-state index in [1.165, 1.54) is 77.0 Å². The Balaban J connectivity index is 2.33. The van der Waals surface area contributed by atoms with Crippen molar-refractivity contribution in [3.8, 4) is 0 Å². The molecule has 128 valence electrons. The van der Waals surface area contributed by atoms with Gasteiger partial charge in [-0.15, -0.1) is 0 Å². The molecule has 0 aromatic carbocycles. The molecule has 1 rings (SSSR count). The topological polar surface area (TPSA) is 26.3 Å². The summed E-state index contributed by atoms with van der Waals surface area (Å²) in [5, 5.41) is 0. The minimum absolute atomic E-state index is 0.246. The van der Waals surface area contributed by atoms with Crippen LogP contribution in [0.15, 0.2) is 12.2 Å². The van der Waals surface area contributed by atoms with Gasteiger partial charge in [0.1, 0.15) is 0 Å². The zero-order chi connectivity index (χ0) is 16.3. The molecule has 0 heterocycles. The largest absolute Gasteiger partial charge is 0.462 e. The molecule has 2 heteroatoms. The van der Waals surface area contributed by atoms with Crippen LogP contribution in [0.5, 0.6) is 0 Å². The molecule has 0 amide bonds. The van der Waals surface area contributed by atoms with Crippen LogP contribution in [-0.4, -0.2) is 12.6 Å². The molecule has 22 heavy (non-hydrogen) atoms. The number of carbonyl (C=O) groups excluding carboxylic acids is 1. The molecule has 0 aromatic heterocycles. The van der Waals surface area contributed by atoms with Crippen molar-refractivity contribution in [2.45, 2.75) is 97.3 Å². The van der Waals surface area contributed by atoms with Gasteiger partial charge in [-0.05, 0) is 38.0 Å². The minimum atomic E-state index is -0.246. The van der Waals surface area contributed by atoms with Gasteiger partial charge in [0.05, 0.1) is 6.61 Å². The van der Waals surface area contributed by atoms with Gasteiger partial charge >= 0.3 is 5.97 Å². The molecule has 1 aliphatic carbocycles. The third-order valence-corrected chi connectivity index (χ3v) is 5.07. The molecule has 2 nitrogen and oxygen atoms in total. The highest BCUT2D eigenvalue weighted by atomic mass is 16.5. The van der Waals surface area contributed by atoms with E-state index in [0.717, 1.165) is 6.42 Å². The van der Waals surface area contributed by atoms with Crippen molar-refractivity contribution in [1.29, 1.82) is 0 Å². The van der Waals surface area contributed by atoms with Crippen LogP contribution in [0.1, 0.15) is 97.3 Å². The highest BCUT2D eigenvalue weighted by Gasteiger charge is 2.23. The smallest absolute Gasteiger partial charge is 0.333 e. The Bertz CT molecular complexity index is 321. The summed E-state index contributed by atoms with van der Waals surface area (Å²) in [6.45, 7) is 8.31. The van der Waals surface area contributed by atoms with E-state index in [1.54, 1.807) is 6.92 Å². The SMILES string of the molecule is C=C(C)C(=O)OCCCC1(C)CCCCCCCCCCC1. The van der Waals surface area contributed by atoms with Crippen LogP contribution in [0.25, 0.3) is 0 Å². The summed E-state index contributed by atoms with van der Waals surface area (Å²) < 4.78 is 5.24. The molecule has 0 aromatic rings. The highest BCUT2D eigenvalue weighted by molar-refractivity contribution is 5.86. The van der Waals surface area contributed by atoms with E-state index < -0.39 is 0 Å². The average molecular weight is 309 g/mol. The number of ether oxygens (including phenoxy) is 1. The first-order valence-electron chi connectivity index (χ1n) is 9.36. The van der Waals surface area contributed by atoms with Gasteiger partial charge in [-0.25, -0.2) is 4.79 Å². The van der Waals surface area contributed by atoms with E-state index in [9.17, 15) is 4.79 Å². The molecular weight excluding hydrogens is 272 g/mol. The fourth-order valence-corrected chi connectivity index (χ4v) is 3.50. The monoisotopic (exact) mass is 308 g/mol. The first kappa shape index (κ1) is 19.3. The van der Waals surface area contributed by atoms with Gasteiger partial charge in [-0.1, -0.05) is 71.3 Å². The molecule has 0 spiro atoms. The van der Waals surface area contributed by atoms with Gasteiger partial charge in [-0.2, -0.15) is 0 Å². The first-order chi connectivity index (χ1) is 10.5. The van der Waals surface area contributed by atoms with E-state index in [1.807, 2.05) is 0 Å². The molecule has 0 unspecified atom stereocenters. The lowest BCUT2D eigenvalue weighted by molar-refractivity contribution is -0.139. The van der Waals surface area contributed by atoms with Gasteiger partial charge in [0.2, 0.25) is 0 Å². The van der Waals surface area contributed by atoms with Crippen LogP contribution in [0.3, 0.4) is 0 Å². The maximum absolute atomic E-state index is 11.4. The molecule has 0 aliphatic heterocycles. The molecule has 1 fully saturated rings. The minimum Gasteiger partial charge on any atom is -0.462 e. The molecular formula is C20H36O2. The Morgan fingerprint density at radius 3 is 1.86 bits per heavy atom. The summed E-state index contributed by atoms with van der Waals surface area (Å²) in [4.78, 5) is 11.4. The summed E-state index contributed by atoms with van der Waals surface area (Å²) in [5.41, 5.74) is 0.937. The van der Waals surface area contributed by atoms with Crippen LogP contribution in [0.2, 0.25) is 0 Å². The van der Waals surface area contributed by atoms with Crippen molar-refractivity contribution in [3.05, 3.63) is 12.2 Å². The maximum atomic E-state index is 11.4. The first-order valence-corrected chi connectivity index (χ1v) is 9.36. The summed E-state index contributed by atoms with van der Waals surface area (Å²) >= 11 is 0. The standard InChI is InChI=1S/C20H36O2/c1-18(2)19(21)22-17-13-16-20(3)14-11-9-7-5-4-6-8-10-12-15-20/h1,4-17H2,2-3H3. The lowest BCUT2D eigenvalue weighted by Crippen LogP contribution is -2.18. The van der Waals surface area contributed by atoms with E-state index in [4.69, 9.17) is 4.74 Å². The Morgan fingerprint density at radius 1 is 0.955 bits per heavy atom. The fourth-order valence-electron chi connectivity index (χ4n) is 3.50. The number of hydrogen-bond acceptors (Lipinski definition) is 2. The Hall–Kier alpha value is -0.790. The molecule has 0 radical (unpaired) electrons. The van der Waals surface area contributed by atoms with E-state index in [2.05, 4.69) is 13.5 Å². The summed E-state index contributed by atoms with van der Waals surface area (Å²) in [6, 6.07) is 0. The Kier molecular flexibility index (Phi) is 9.50. The summed E-state index contributed by atoms with van der Waals surface area (Å²) in [7, 11) is 0. The second-order valence-corrected chi connectivity index (χ2v) is 7.51. The zero-order valence-electron chi connectivity index (χ0n) is 14.9. The van der Waals surface area contributed by atoms with Crippen LogP contribution in [-0.2, 0) is 9.53 Å². The number of hydrogen-bond donors (Lipinski definition) is 0. The van der Waals surface area contributed by atoms with Gasteiger partial charge in [0.25, 0.3) is 0 Å². The maximum Gasteiger partial charge on any atom is 0.333 e. The van der Waals surface area contributed by atoms with Crippen LogP contribution >= 0.6 is 0 Å². The van der Waals surface area contributed by atoms with Crippen molar-refractivity contribution < 1.29 is 9.53 Å². The zero-order valence-corrected chi connectivity index (χ0v) is 14.9. The highest BCUT2D eigenvalue weighted by Crippen LogP contribution is 2.36. The molecule has 1 saturated carbocycles. The Labute approximate surface area is 137 Å². The molecule has 0 saturated heterocycles. The van der Waals surface area contributed by atoms with Crippen molar-refractivity contribution in [3.63, 3.8) is 0 Å². The third-order valence-electron chi connectivity index (χ3n) is 5.07. The van der Waals surface area contributed by atoms with E-state index in [-0.39, 0.29) is 5.97 Å².